The van der Waals surface area contributed by atoms with Gasteiger partial charge in [0.2, 0.25) is 5.91 Å². The summed E-state index contributed by atoms with van der Waals surface area (Å²) in [6.45, 7) is 0.0238. The number of carbonyl (C=O) groups excluding carboxylic acids is 1. The molecule has 7 heteroatoms. The highest BCUT2D eigenvalue weighted by atomic mass is 19.4. The van der Waals surface area contributed by atoms with Crippen molar-refractivity contribution in [2.24, 2.45) is 0 Å². The minimum Gasteiger partial charge on any atom is -0.391 e. The SMILES string of the molecule is O=C(Cc1cccnc1)N1C[C@@H](O)C[C@H]1c1ccccc1C(F)(F)F. The number of aliphatic hydroxyl groups excluding tert-OH is 1. The third-order valence-electron chi connectivity index (χ3n) is 4.30. The van der Waals surface area contributed by atoms with Gasteiger partial charge < -0.3 is 10.0 Å². The molecular formula is C18H17F3N2O2. The third kappa shape index (κ3) is 3.82. The number of alkyl halides is 3. The van der Waals surface area contributed by atoms with Gasteiger partial charge in [0, 0.05) is 18.9 Å². The molecule has 4 nitrogen and oxygen atoms in total. The molecule has 132 valence electrons. The first kappa shape index (κ1) is 17.4. The summed E-state index contributed by atoms with van der Waals surface area (Å²) in [5.41, 5.74) is -0.0730. The van der Waals surface area contributed by atoms with Crippen LogP contribution in [0.4, 0.5) is 13.2 Å². The number of carbonyl (C=O) groups is 1. The predicted octanol–water partition coefficient (Wildman–Crippen LogP) is 2.98. The van der Waals surface area contributed by atoms with Crippen molar-refractivity contribution in [3.63, 3.8) is 0 Å². The minimum atomic E-state index is -4.51. The zero-order valence-electron chi connectivity index (χ0n) is 13.3. The molecule has 0 aliphatic carbocycles. The van der Waals surface area contributed by atoms with E-state index in [0.29, 0.717) is 5.56 Å². The Morgan fingerprint density at radius 2 is 2.00 bits per heavy atom. The Bertz CT molecular complexity index is 749. The number of β-amino-alcohol motifs (C(OH)–C–C–N with tert-alkyl or cyclic N) is 1. The molecule has 0 bridgehead atoms. The Kier molecular flexibility index (Phi) is 4.76. The standard InChI is InChI=1S/C18H17F3N2O2/c19-18(20,21)15-6-2-1-5-14(15)16-9-13(24)11-23(16)17(25)8-12-4-3-7-22-10-12/h1-7,10,13,16,24H,8-9,11H2/t13-,16-/m0/s1. The summed E-state index contributed by atoms with van der Waals surface area (Å²) in [4.78, 5) is 17.9. The van der Waals surface area contributed by atoms with Gasteiger partial charge in [0.25, 0.3) is 0 Å². The molecule has 1 N–H and O–H groups in total. The van der Waals surface area contributed by atoms with Crippen LogP contribution in [0.25, 0.3) is 0 Å². The molecule has 1 aromatic carbocycles. The number of pyridine rings is 1. The highest BCUT2D eigenvalue weighted by Gasteiger charge is 2.41. The lowest BCUT2D eigenvalue weighted by Crippen LogP contribution is -2.33. The van der Waals surface area contributed by atoms with Crippen molar-refractivity contribution in [3.05, 3.63) is 65.5 Å². The lowest BCUT2D eigenvalue weighted by Gasteiger charge is -2.27. The van der Waals surface area contributed by atoms with Gasteiger partial charge in [-0.2, -0.15) is 13.2 Å². The molecule has 0 radical (unpaired) electrons. The molecular weight excluding hydrogens is 333 g/mol. The fourth-order valence-electron chi connectivity index (χ4n) is 3.21. The molecule has 1 aliphatic rings. The number of hydrogen-bond donors (Lipinski definition) is 1. The second-order valence-corrected chi connectivity index (χ2v) is 6.07. The van der Waals surface area contributed by atoms with Crippen molar-refractivity contribution in [2.75, 3.05) is 6.54 Å². The second-order valence-electron chi connectivity index (χ2n) is 6.07. The fraction of sp³-hybridized carbons (Fsp3) is 0.333. The summed E-state index contributed by atoms with van der Waals surface area (Å²) < 4.78 is 39.9. The molecule has 1 amide bonds. The van der Waals surface area contributed by atoms with Crippen LogP contribution in [0.1, 0.15) is 29.2 Å². The second kappa shape index (κ2) is 6.84. The molecule has 0 unspecified atom stereocenters. The maximum absolute atomic E-state index is 13.3. The van der Waals surface area contributed by atoms with Crippen LogP contribution in [0.15, 0.2) is 48.8 Å². The van der Waals surface area contributed by atoms with Crippen LogP contribution < -0.4 is 0 Å². The highest BCUT2D eigenvalue weighted by molar-refractivity contribution is 5.79. The Morgan fingerprint density at radius 3 is 2.68 bits per heavy atom. The molecule has 2 aromatic rings. The number of hydrogen-bond acceptors (Lipinski definition) is 3. The van der Waals surface area contributed by atoms with E-state index in [1.54, 1.807) is 24.5 Å². The average molecular weight is 350 g/mol. The lowest BCUT2D eigenvalue weighted by atomic mass is 9.97. The molecule has 1 saturated heterocycles. The van der Waals surface area contributed by atoms with Crippen molar-refractivity contribution in [2.45, 2.75) is 31.2 Å². The number of likely N-dealkylation sites (tertiary alicyclic amines) is 1. The number of benzene rings is 1. The number of nitrogens with zero attached hydrogens (tertiary/aromatic N) is 2. The Balaban J connectivity index is 1.89. The summed E-state index contributed by atoms with van der Waals surface area (Å²) in [7, 11) is 0. The van der Waals surface area contributed by atoms with Crippen molar-refractivity contribution >= 4 is 5.91 Å². The van der Waals surface area contributed by atoms with Crippen LogP contribution in [0.2, 0.25) is 0 Å². The number of aromatic nitrogens is 1. The number of halogens is 3. The first-order valence-corrected chi connectivity index (χ1v) is 7.89. The molecule has 0 saturated carbocycles. The van der Waals surface area contributed by atoms with Gasteiger partial charge in [-0.1, -0.05) is 24.3 Å². The van der Waals surface area contributed by atoms with Gasteiger partial charge in [-0.25, -0.2) is 0 Å². The topological polar surface area (TPSA) is 53.4 Å². The first-order valence-electron chi connectivity index (χ1n) is 7.89. The van der Waals surface area contributed by atoms with Gasteiger partial charge in [0.15, 0.2) is 0 Å². The lowest BCUT2D eigenvalue weighted by molar-refractivity contribution is -0.140. The Hall–Kier alpha value is -2.41. The predicted molar refractivity (Wildman–Crippen MR) is 84.5 cm³/mol. The fourth-order valence-corrected chi connectivity index (χ4v) is 3.21. The van der Waals surface area contributed by atoms with E-state index in [2.05, 4.69) is 4.98 Å². The van der Waals surface area contributed by atoms with Crippen LogP contribution in [-0.4, -0.2) is 33.5 Å². The maximum Gasteiger partial charge on any atom is 0.416 e. The monoisotopic (exact) mass is 350 g/mol. The van der Waals surface area contributed by atoms with Crippen molar-refractivity contribution < 1.29 is 23.1 Å². The average Bonchev–Trinajstić information content (AvgIpc) is 2.97. The van der Waals surface area contributed by atoms with Gasteiger partial charge >= 0.3 is 6.18 Å². The van der Waals surface area contributed by atoms with E-state index >= 15 is 0 Å². The first-order chi connectivity index (χ1) is 11.9. The Labute approximate surface area is 142 Å². The van der Waals surface area contributed by atoms with Crippen LogP contribution in [-0.2, 0) is 17.4 Å². The van der Waals surface area contributed by atoms with E-state index in [1.807, 2.05) is 0 Å². The van der Waals surface area contributed by atoms with E-state index in [0.717, 1.165) is 6.07 Å². The van der Waals surface area contributed by atoms with E-state index in [4.69, 9.17) is 0 Å². The van der Waals surface area contributed by atoms with E-state index in [1.165, 1.54) is 23.1 Å². The summed E-state index contributed by atoms with van der Waals surface area (Å²) in [5, 5.41) is 9.95. The van der Waals surface area contributed by atoms with E-state index < -0.39 is 23.9 Å². The summed E-state index contributed by atoms with van der Waals surface area (Å²) in [6.07, 6.45) is -2.11. The van der Waals surface area contributed by atoms with Crippen LogP contribution in [0, 0.1) is 0 Å². The summed E-state index contributed by atoms with van der Waals surface area (Å²) >= 11 is 0. The summed E-state index contributed by atoms with van der Waals surface area (Å²) in [5.74, 6) is -0.327. The van der Waals surface area contributed by atoms with Gasteiger partial charge in [0.1, 0.15) is 0 Å². The van der Waals surface area contributed by atoms with Crippen LogP contribution >= 0.6 is 0 Å². The molecule has 25 heavy (non-hydrogen) atoms. The van der Waals surface area contributed by atoms with Crippen molar-refractivity contribution in [3.8, 4) is 0 Å². The number of rotatable bonds is 3. The van der Waals surface area contributed by atoms with E-state index in [9.17, 15) is 23.1 Å². The normalized spacial score (nSPS) is 20.7. The zero-order valence-corrected chi connectivity index (χ0v) is 13.3. The smallest absolute Gasteiger partial charge is 0.391 e. The minimum absolute atomic E-state index is 0.0195. The quantitative estimate of drug-likeness (QED) is 0.926. The molecule has 2 heterocycles. The molecule has 1 aromatic heterocycles. The Morgan fingerprint density at radius 1 is 1.24 bits per heavy atom. The van der Waals surface area contributed by atoms with Crippen LogP contribution in [0.5, 0.6) is 0 Å². The maximum atomic E-state index is 13.3. The van der Waals surface area contributed by atoms with Gasteiger partial charge in [-0.15, -0.1) is 0 Å². The molecule has 0 spiro atoms. The molecule has 1 fully saturated rings. The summed E-state index contributed by atoms with van der Waals surface area (Å²) in [6, 6.07) is 7.84. The van der Waals surface area contributed by atoms with Crippen LogP contribution in [0.3, 0.4) is 0 Å². The molecule has 1 aliphatic heterocycles. The molecule has 2 atom stereocenters. The van der Waals surface area contributed by atoms with Crippen molar-refractivity contribution in [1.82, 2.24) is 9.88 Å². The van der Waals surface area contributed by atoms with Gasteiger partial charge in [0.05, 0.1) is 24.1 Å². The number of amides is 1. The largest absolute Gasteiger partial charge is 0.416 e. The van der Waals surface area contributed by atoms with E-state index in [-0.39, 0.29) is 30.9 Å². The zero-order chi connectivity index (χ0) is 18.0. The van der Waals surface area contributed by atoms with Gasteiger partial charge in [-0.05, 0) is 29.7 Å². The third-order valence-corrected chi connectivity index (χ3v) is 4.30. The van der Waals surface area contributed by atoms with Gasteiger partial charge in [-0.3, -0.25) is 9.78 Å². The van der Waals surface area contributed by atoms with Crippen molar-refractivity contribution in [1.29, 1.82) is 0 Å². The highest BCUT2D eigenvalue weighted by Crippen LogP contribution is 2.40. The molecule has 3 rings (SSSR count). The number of aliphatic hydroxyl groups is 1.